The zero-order chi connectivity index (χ0) is 13.7. The summed E-state index contributed by atoms with van der Waals surface area (Å²) in [6.07, 6.45) is 2.47. The van der Waals surface area contributed by atoms with Gasteiger partial charge in [-0.15, -0.1) is 0 Å². The molecule has 1 saturated heterocycles. The van der Waals surface area contributed by atoms with Crippen molar-refractivity contribution in [1.82, 2.24) is 5.32 Å². The van der Waals surface area contributed by atoms with Crippen molar-refractivity contribution >= 4 is 5.69 Å². The summed E-state index contributed by atoms with van der Waals surface area (Å²) in [4.78, 5) is 2.43. The number of aryl methyl sites for hydroxylation is 1. The van der Waals surface area contributed by atoms with E-state index in [1.165, 1.54) is 11.3 Å². The third-order valence-electron chi connectivity index (χ3n) is 3.84. The molecule has 0 saturated carbocycles. The van der Waals surface area contributed by atoms with Gasteiger partial charge in [0, 0.05) is 31.9 Å². The molecule has 1 aromatic carbocycles. The minimum absolute atomic E-state index is 0.337. The Bertz CT molecular complexity index is 396. The number of ether oxygens (including phenoxy) is 1. The topological polar surface area (TPSA) is 24.5 Å². The molecule has 3 heteroatoms. The molecule has 0 unspecified atom stereocenters. The summed E-state index contributed by atoms with van der Waals surface area (Å²) in [6.45, 7) is 10.8. The Morgan fingerprint density at radius 3 is 2.47 bits per heavy atom. The maximum Gasteiger partial charge on any atom is 0.122 e. The van der Waals surface area contributed by atoms with Crippen molar-refractivity contribution in [2.75, 3.05) is 31.1 Å². The molecule has 3 nitrogen and oxygen atoms in total. The van der Waals surface area contributed by atoms with Gasteiger partial charge >= 0.3 is 0 Å². The van der Waals surface area contributed by atoms with Crippen LogP contribution in [0.25, 0.3) is 0 Å². The molecule has 0 aliphatic carbocycles. The molecule has 0 aromatic heterocycles. The van der Waals surface area contributed by atoms with Crippen molar-refractivity contribution < 1.29 is 4.74 Å². The van der Waals surface area contributed by atoms with Crippen LogP contribution >= 0.6 is 0 Å². The van der Waals surface area contributed by atoms with E-state index >= 15 is 0 Å². The normalized spacial score (nSPS) is 15.9. The Balaban J connectivity index is 2.07. The van der Waals surface area contributed by atoms with E-state index in [4.69, 9.17) is 4.74 Å². The summed E-state index contributed by atoms with van der Waals surface area (Å²) >= 11 is 0. The number of hydrogen-bond acceptors (Lipinski definition) is 3. The smallest absolute Gasteiger partial charge is 0.122 e. The van der Waals surface area contributed by atoms with E-state index in [0.717, 1.165) is 44.8 Å². The van der Waals surface area contributed by atoms with Crippen molar-refractivity contribution in [1.29, 1.82) is 0 Å². The second-order valence-corrected chi connectivity index (χ2v) is 5.24. The zero-order valence-electron chi connectivity index (χ0n) is 12.4. The molecule has 0 atom stereocenters. The monoisotopic (exact) mass is 262 g/mol. The molecule has 0 amide bonds. The SMILES string of the molecule is CCC(CC)Oc1ccc(N2CCNCC2)cc1C. The Morgan fingerprint density at radius 1 is 1.21 bits per heavy atom. The van der Waals surface area contributed by atoms with Crippen LogP contribution in [0.15, 0.2) is 18.2 Å². The third kappa shape index (κ3) is 3.63. The average molecular weight is 262 g/mol. The highest BCUT2D eigenvalue weighted by atomic mass is 16.5. The van der Waals surface area contributed by atoms with Gasteiger partial charge in [0.2, 0.25) is 0 Å². The summed E-state index contributed by atoms with van der Waals surface area (Å²) < 4.78 is 6.06. The lowest BCUT2D eigenvalue weighted by atomic mass is 10.1. The van der Waals surface area contributed by atoms with Crippen LogP contribution < -0.4 is 15.0 Å². The van der Waals surface area contributed by atoms with E-state index in [1.54, 1.807) is 0 Å². The molecule has 0 spiro atoms. The Labute approximate surface area is 116 Å². The van der Waals surface area contributed by atoms with Gasteiger partial charge in [0.25, 0.3) is 0 Å². The molecule has 2 rings (SSSR count). The van der Waals surface area contributed by atoms with Crippen molar-refractivity contribution in [2.24, 2.45) is 0 Å². The number of nitrogens with zero attached hydrogens (tertiary/aromatic N) is 1. The standard InChI is InChI=1S/C16H26N2O/c1-4-15(5-2)19-16-7-6-14(12-13(16)3)18-10-8-17-9-11-18/h6-7,12,15,17H,4-5,8-11H2,1-3H3. The van der Waals surface area contributed by atoms with Gasteiger partial charge in [-0.25, -0.2) is 0 Å². The minimum Gasteiger partial charge on any atom is -0.490 e. The Hall–Kier alpha value is -1.22. The van der Waals surface area contributed by atoms with E-state index in [1.807, 2.05) is 0 Å². The van der Waals surface area contributed by atoms with Gasteiger partial charge in [0.1, 0.15) is 5.75 Å². The molecule has 1 N–H and O–H groups in total. The fraction of sp³-hybridized carbons (Fsp3) is 0.625. The predicted octanol–water partition coefficient (Wildman–Crippen LogP) is 2.97. The van der Waals surface area contributed by atoms with Crippen molar-refractivity contribution in [3.63, 3.8) is 0 Å². The Morgan fingerprint density at radius 2 is 1.89 bits per heavy atom. The molecule has 1 aliphatic heterocycles. The average Bonchev–Trinajstić information content (AvgIpc) is 2.47. The molecular weight excluding hydrogens is 236 g/mol. The van der Waals surface area contributed by atoms with Gasteiger partial charge < -0.3 is 15.0 Å². The second kappa shape index (κ2) is 6.80. The first-order chi connectivity index (χ1) is 9.24. The molecule has 1 aromatic rings. The summed E-state index contributed by atoms with van der Waals surface area (Å²) in [7, 11) is 0. The van der Waals surface area contributed by atoms with E-state index < -0.39 is 0 Å². The number of piperazine rings is 1. The highest BCUT2D eigenvalue weighted by molar-refractivity contribution is 5.53. The van der Waals surface area contributed by atoms with Crippen LogP contribution in [0, 0.1) is 6.92 Å². The number of rotatable bonds is 5. The Kier molecular flexibility index (Phi) is 5.08. The predicted molar refractivity (Wildman–Crippen MR) is 81.3 cm³/mol. The van der Waals surface area contributed by atoms with Crippen LogP contribution in [0.3, 0.4) is 0 Å². The van der Waals surface area contributed by atoms with E-state index in [-0.39, 0.29) is 0 Å². The summed E-state index contributed by atoms with van der Waals surface area (Å²) in [6, 6.07) is 6.57. The highest BCUT2D eigenvalue weighted by Crippen LogP contribution is 2.26. The fourth-order valence-electron chi connectivity index (χ4n) is 2.52. The van der Waals surface area contributed by atoms with Crippen LogP contribution in [0.4, 0.5) is 5.69 Å². The van der Waals surface area contributed by atoms with Gasteiger partial charge in [-0.2, -0.15) is 0 Å². The third-order valence-corrected chi connectivity index (χ3v) is 3.84. The van der Waals surface area contributed by atoms with Crippen LogP contribution in [0.1, 0.15) is 32.3 Å². The molecule has 0 bridgehead atoms. The molecule has 0 radical (unpaired) electrons. The van der Waals surface area contributed by atoms with Crippen LogP contribution in [-0.4, -0.2) is 32.3 Å². The lowest BCUT2D eigenvalue weighted by molar-refractivity contribution is 0.191. The molecule has 106 valence electrons. The van der Waals surface area contributed by atoms with Crippen molar-refractivity contribution in [2.45, 2.75) is 39.7 Å². The number of anilines is 1. The second-order valence-electron chi connectivity index (χ2n) is 5.24. The lowest BCUT2D eigenvalue weighted by Gasteiger charge is -2.30. The first-order valence-corrected chi connectivity index (χ1v) is 7.47. The number of hydrogen-bond donors (Lipinski definition) is 1. The lowest BCUT2D eigenvalue weighted by Crippen LogP contribution is -2.43. The number of nitrogens with one attached hydrogen (secondary N) is 1. The van der Waals surface area contributed by atoms with E-state index in [2.05, 4.69) is 49.2 Å². The zero-order valence-corrected chi connectivity index (χ0v) is 12.4. The van der Waals surface area contributed by atoms with Gasteiger partial charge in [-0.3, -0.25) is 0 Å². The maximum absolute atomic E-state index is 6.06. The summed E-state index contributed by atoms with van der Waals surface area (Å²) in [5, 5.41) is 3.39. The van der Waals surface area contributed by atoms with Gasteiger partial charge in [0.05, 0.1) is 6.10 Å². The van der Waals surface area contributed by atoms with Crippen LogP contribution in [0.2, 0.25) is 0 Å². The summed E-state index contributed by atoms with van der Waals surface area (Å²) in [5.74, 6) is 1.03. The first-order valence-electron chi connectivity index (χ1n) is 7.47. The fourth-order valence-corrected chi connectivity index (χ4v) is 2.52. The van der Waals surface area contributed by atoms with Crippen LogP contribution in [-0.2, 0) is 0 Å². The van der Waals surface area contributed by atoms with Crippen LogP contribution in [0.5, 0.6) is 5.75 Å². The van der Waals surface area contributed by atoms with E-state index in [9.17, 15) is 0 Å². The molecule has 19 heavy (non-hydrogen) atoms. The maximum atomic E-state index is 6.06. The molecule has 1 heterocycles. The van der Waals surface area contributed by atoms with E-state index in [0.29, 0.717) is 6.10 Å². The first kappa shape index (κ1) is 14.2. The van der Waals surface area contributed by atoms with Gasteiger partial charge in [0.15, 0.2) is 0 Å². The highest BCUT2D eigenvalue weighted by Gasteiger charge is 2.13. The minimum atomic E-state index is 0.337. The summed E-state index contributed by atoms with van der Waals surface area (Å²) in [5.41, 5.74) is 2.55. The van der Waals surface area contributed by atoms with Crippen molar-refractivity contribution in [3.8, 4) is 5.75 Å². The van der Waals surface area contributed by atoms with Gasteiger partial charge in [-0.1, -0.05) is 13.8 Å². The quantitative estimate of drug-likeness (QED) is 0.883. The van der Waals surface area contributed by atoms with Gasteiger partial charge in [-0.05, 0) is 43.5 Å². The molecule has 1 aliphatic rings. The number of benzene rings is 1. The molecule has 1 fully saturated rings. The largest absolute Gasteiger partial charge is 0.490 e. The molecular formula is C16H26N2O. The van der Waals surface area contributed by atoms with Crippen molar-refractivity contribution in [3.05, 3.63) is 23.8 Å².